The molecule has 0 fully saturated rings. The number of fused-ring (bicyclic) bond motifs is 1. The third kappa shape index (κ3) is 1.49. The van der Waals surface area contributed by atoms with Crippen molar-refractivity contribution in [2.24, 2.45) is 21.1 Å². The van der Waals surface area contributed by atoms with Crippen LogP contribution < -0.4 is 5.73 Å². The van der Waals surface area contributed by atoms with Gasteiger partial charge in [0.05, 0.1) is 12.9 Å². The lowest BCUT2D eigenvalue weighted by Gasteiger charge is -2.28. The van der Waals surface area contributed by atoms with Gasteiger partial charge in [0, 0.05) is 0 Å². The molecule has 2 aliphatic rings. The summed E-state index contributed by atoms with van der Waals surface area (Å²) >= 11 is 0. The minimum Gasteiger partial charge on any atom is -0.368 e. The number of amides is 3. The van der Waals surface area contributed by atoms with Gasteiger partial charge in [-0.3, -0.25) is 14.7 Å². The van der Waals surface area contributed by atoms with Gasteiger partial charge in [0.1, 0.15) is 6.67 Å². The predicted octanol–water partition coefficient (Wildman–Crippen LogP) is -0.717. The minimum atomic E-state index is -0.916. The van der Waals surface area contributed by atoms with E-state index in [-0.39, 0.29) is 6.54 Å². The molecule has 2 unspecified atom stereocenters. The second kappa shape index (κ2) is 3.83. The zero-order chi connectivity index (χ0) is 11.7. The number of nitrogens with two attached hydrogens (primary N) is 1. The van der Waals surface area contributed by atoms with Crippen molar-refractivity contribution < 1.29 is 14.0 Å². The van der Waals surface area contributed by atoms with Crippen LogP contribution >= 0.6 is 0 Å². The molecule has 0 bridgehead atoms. The van der Waals surface area contributed by atoms with Crippen LogP contribution in [0.25, 0.3) is 0 Å². The van der Waals surface area contributed by atoms with Gasteiger partial charge in [-0.05, 0) is 0 Å². The van der Waals surface area contributed by atoms with E-state index in [4.69, 9.17) is 5.73 Å². The molecule has 9 heteroatoms. The Bertz CT molecular complexity index is 383. The molecule has 0 radical (unpaired) electrons. The first-order chi connectivity index (χ1) is 7.65. The van der Waals surface area contributed by atoms with E-state index >= 15 is 0 Å². The van der Waals surface area contributed by atoms with Crippen LogP contribution in [0.3, 0.4) is 0 Å². The number of hydrogen-bond donors (Lipinski definition) is 1. The molecule has 3 amide bonds. The smallest absolute Gasteiger partial charge is 0.349 e. The zero-order valence-corrected chi connectivity index (χ0v) is 8.15. The van der Waals surface area contributed by atoms with E-state index in [1.807, 2.05) is 0 Å². The minimum absolute atomic E-state index is 0.180. The average molecular weight is 228 g/mol. The number of rotatable bonds is 3. The Kier molecular flexibility index (Phi) is 2.50. The van der Waals surface area contributed by atoms with E-state index in [2.05, 4.69) is 15.3 Å². The predicted molar refractivity (Wildman–Crippen MR) is 50.0 cm³/mol. The number of nitrogens with zero attached hydrogens (tertiary/aromatic N) is 5. The Hall–Kier alpha value is -2.06. The Morgan fingerprint density at radius 1 is 1.62 bits per heavy atom. The summed E-state index contributed by atoms with van der Waals surface area (Å²) in [6, 6.07) is -1.48. The van der Waals surface area contributed by atoms with Crippen molar-refractivity contribution in [2.75, 3.05) is 13.2 Å². The second-order valence-corrected chi connectivity index (χ2v) is 3.23. The topological polar surface area (TPSA) is 104 Å². The molecule has 2 atom stereocenters. The highest BCUT2D eigenvalue weighted by Crippen LogP contribution is 2.21. The number of carbonyl (C=O) groups is 2. The SMILES string of the molecule is NC(=O)C1N=CN2C(=O)N(CCF)N=NC12. The summed E-state index contributed by atoms with van der Waals surface area (Å²) in [5.74, 6) is -0.686. The molecule has 2 heterocycles. The molecule has 2 rings (SSSR count). The first-order valence-corrected chi connectivity index (χ1v) is 4.54. The van der Waals surface area contributed by atoms with Gasteiger partial charge < -0.3 is 5.73 Å². The molecule has 0 aliphatic carbocycles. The fourth-order valence-electron chi connectivity index (χ4n) is 1.45. The van der Waals surface area contributed by atoms with Crippen LogP contribution in [0.5, 0.6) is 0 Å². The lowest BCUT2D eigenvalue weighted by atomic mass is 10.2. The van der Waals surface area contributed by atoms with Gasteiger partial charge >= 0.3 is 6.03 Å². The Morgan fingerprint density at radius 3 is 3.00 bits per heavy atom. The maximum Gasteiger partial charge on any atom is 0.349 e. The largest absolute Gasteiger partial charge is 0.368 e. The number of carbonyl (C=O) groups excluding carboxylic acids is 2. The molecule has 8 nitrogen and oxygen atoms in total. The number of halogens is 1. The van der Waals surface area contributed by atoms with Crippen molar-refractivity contribution in [3.8, 4) is 0 Å². The van der Waals surface area contributed by atoms with Crippen molar-refractivity contribution in [3.63, 3.8) is 0 Å². The van der Waals surface area contributed by atoms with Crippen LogP contribution in [0.2, 0.25) is 0 Å². The number of primary amides is 1. The number of hydrogen-bond acceptors (Lipinski definition) is 5. The van der Waals surface area contributed by atoms with Crippen molar-refractivity contribution >= 4 is 18.3 Å². The third-order valence-corrected chi connectivity index (χ3v) is 2.23. The fraction of sp³-hybridized carbons (Fsp3) is 0.571. The maximum absolute atomic E-state index is 12.1. The van der Waals surface area contributed by atoms with E-state index in [0.29, 0.717) is 0 Å². The van der Waals surface area contributed by atoms with Gasteiger partial charge in [0.25, 0.3) is 0 Å². The zero-order valence-electron chi connectivity index (χ0n) is 8.15. The molecule has 0 aromatic carbocycles. The van der Waals surface area contributed by atoms with Crippen LogP contribution in [0.1, 0.15) is 0 Å². The lowest BCUT2D eigenvalue weighted by Crippen LogP contribution is -2.51. The third-order valence-electron chi connectivity index (χ3n) is 2.23. The van der Waals surface area contributed by atoms with E-state index in [1.54, 1.807) is 0 Å². The molecule has 86 valence electrons. The van der Waals surface area contributed by atoms with E-state index < -0.39 is 30.8 Å². The maximum atomic E-state index is 12.1. The van der Waals surface area contributed by atoms with Crippen LogP contribution in [0, 0.1) is 0 Å². The highest BCUT2D eigenvalue weighted by molar-refractivity contribution is 5.93. The lowest BCUT2D eigenvalue weighted by molar-refractivity contribution is -0.119. The summed E-state index contributed by atoms with van der Waals surface area (Å²) in [5, 5.41) is 8.09. The Morgan fingerprint density at radius 2 is 2.38 bits per heavy atom. The molecule has 0 aromatic rings. The first-order valence-electron chi connectivity index (χ1n) is 4.54. The normalized spacial score (nSPS) is 27.4. The van der Waals surface area contributed by atoms with Crippen LogP contribution in [0.15, 0.2) is 15.3 Å². The van der Waals surface area contributed by atoms with E-state index in [9.17, 15) is 14.0 Å². The molecule has 0 saturated heterocycles. The molecule has 2 N–H and O–H groups in total. The average Bonchev–Trinajstić information content (AvgIpc) is 2.67. The summed E-state index contributed by atoms with van der Waals surface area (Å²) in [6.07, 6.45) is 0.340. The highest BCUT2D eigenvalue weighted by atomic mass is 19.1. The van der Waals surface area contributed by atoms with Gasteiger partial charge in [-0.2, -0.15) is 5.01 Å². The number of aliphatic imine (C=N–C) groups is 1. The summed E-state index contributed by atoms with van der Waals surface area (Å²) in [5.41, 5.74) is 5.08. The van der Waals surface area contributed by atoms with Gasteiger partial charge in [-0.1, -0.05) is 5.22 Å². The van der Waals surface area contributed by atoms with Crippen LogP contribution in [-0.2, 0) is 4.79 Å². The van der Waals surface area contributed by atoms with E-state index in [0.717, 1.165) is 9.91 Å². The van der Waals surface area contributed by atoms with Crippen LogP contribution in [0.4, 0.5) is 9.18 Å². The molecular formula is C7H9FN6O2. The van der Waals surface area contributed by atoms with Gasteiger partial charge in [-0.25, -0.2) is 9.18 Å². The number of urea groups is 1. The second-order valence-electron chi connectivity index (χ2n) is 3.23. The van der Waals surface area contributed by atoms with Crippen LogP contribution in [-0.4, -0.2) is 53.6 Å². The fourth-order valence-corrected chi connectivity index (χ4v) is 1.45. The van der Waals surface area contributed by atoms with Gasteiger partial charge in [0.15, 0.2) is 12.2 Å². The number of alkyl halides is 1. The van der Waals surface area contributed by atoms with Gasteiger partial charge in [-0.15, -0.1) is 5.11 Å². The molecule has 2 aliphatic heterocycles. The molecule has 0 spiro atoms. The van der Waals surface area contributed by atoms with Gasteiger partial charge in [0.2, 0.25) is 5.91 Å². The Balaban J connectivity index is 2.20. The summed E-state index contributed by atoms with van der Waals surface area (Å²) in [4.78, 5) is 27.5. The first kappa shape index (κ1) is 10.5. The van der Waals surface area contributed by atoms with Crippen molar-refractivity contribution in [1.29, 1.82) is 0 Å². The Labute approximate surface area is 89.6 Å². The molecule has 16 heavy (non-hydrogen) atoms. The highest BCUT2D eigenvalue weighted by Gasteiger charge is 2.42. The molecular weight excluding hydrogens is 219 g/mol. The summed E-state index contributed by atoms with van der Waals surface area (Å²) in [7, 11) is 0. The summed E-state index contributed by atoms with van der Waals surface area (Å²) in [6.45, 7) is -0.902. The quantitative estimate of drug-likeness (QED) is 0.688. The standard InChI is InChI=1S/C7H9FN6O2/c8-1-2-14-7(16)13-3-10-4(5(9)15)6(13)11-12-14/h3-4,6H,1-2H2,(H2,9,15). The molecule has 0 aromatic heterocycles. The monoisotopic (exact) mass is 228 g/mol. The van der Waals surface area contributed by atoms with Crippen molar-refractivity contribution in [1.82, 2.24) is 9.91 Å². The van der Waals surface area contributed by atoms with E-state index in [1.165, 1.54) is 6.34 Å². The summed E-state index contributed by atoms with van der Waals surface area (Å²) < 4.78 is 12.1. The van der Waals surface area contributed by atoms with Crippen molar-refractivity contribution in [3.05, 3.63) is 0 Å². The molecule has 0 saturated carbocycles. The van der Waals surface area contributed by atoms with Crippen molar-refractivity contribution in [2.45, 2.75) is 12.2 Å².